The van der Waals surface area contributed by atoms with Gasteiger partial charge in [0.2, 0.25) is 0 Å². The number of piperidine rings is 1. The first kappa shape index (κ1) is 18.9. The van der Waals surface area contributed by atoms with Crippen LogP contribution in [0.1, 0.15) is 47.5 Å². The molecule has 1 aliphatic rings. The minimum Gasteiger partial charge on any atom is -0.304 e. The van der Waals surface area contributed by atoms with Crippen molar-refractivity contribution in [1.29, 1.82) is 0 Å². The van der Waals surface area contributed by atoms with Crippen LogP contribution in [-0.2, 0) is 0 Å². The van der Waals surface area contributed by atoms with Crippen molar-refractivity contribution in [2.75, 3.05) is 52.9 Å². The fraction of sp³-hybridized carbons (Fsp3) is 1.00. The lowest BCUT2D eigenvalue weighted by molar-refractivity contribution is 0.137. The van der Waals surface area contributed by atoms with Gasteiger partial charge in [0, 0.05) is 32.2 Å². The Morgan fingerprint density at radius 2 is 1.62 bits per heavy atom. The molecule has 0 aromatic rings. The molecule has 0 radical (unpaired) electrons. The maximum absolute atomic E-state index is 2.66. The molecule has 0 aliphatic carbocycles. The van der Waals surface area contributed by atoms with Gasteiger partial charge in [-0.1, -0.05) is 20.8 Å². The fourth-order valence-electron chi connectivity index (χ4n) is 3.35. The van der Waals surface area contributed by atoms with E-state index in [-0.39, 0.29) is 0 Å². The first-order valence-electron chi connectivity index (χ1n) is 9.09. The summed E-state index contributed by atoms with van der Waals surface area (Å²) < 4.78 is 0. The molecule has 1 heterocycles. The molecular weight excluding hydrogens is 258 g/mol. The lowest BCUT2D eigenvalue weighted by atomic mass is 9.87. The van der Waals surface area contributed by atoms with Crippen LogP contribution in [0.2, 0.25) is 0 Å². The van der Waals surface area contributed by atoms with Gasteiger partial charge in [0.1, 0.15) is 0 Å². The number of rotatable bonds is 9. The zero-order chi connectivity index (χ0) is 15.8. The standard InChI is InChI=1S/C18H39N3/c1-7-21(17(4)5)15-13-19(6)12-14-20-10-8-18(9-11-20)16(2)3/h16-18H,7-15H2,1-6H3. The Morgan fingerprint density at radius 3 is 2.10 bits per heavy atom. The van der Waals surface area contributed by atoms with E-state index in [4.69, 9.17) is 0 Å². The SMILES string of the molecule is CCN(CCN(C)CCN1CCC(C(C)C)CC1)C(C)C. The van der Waals surface area contributed by atoms with Gasteiger partial charge < -0.3 is 9.80 Å². The molecule has 3 heteroatoms. The lowest BCUT2D eigenvalue weighted by Gasteiger charge is -2.35. The first-order chi connectivity index (χ1) is 9.93. The Bertz CT molecular complexity index is 257. The average molecular weight is 298 g/mol. The number of likely N-dealkylation sites (tertiary alicyclic amines) is 1. The van der Waals surface area contributed by atoms with Crippen molar-refractivity contribution in [3.63, 3.8) is 0 Å². The topological polar surface area (TPSA) is 9.72 Å². The number of hydrogen-bond donors (Lipinski definition) is 0. The second-order valence-corrected chi connectivity index (χ2v) is 7.45. The molecule has 0 amide bonds. The summed E-state index contributed by atoms with van der Waals surface area (Å²) in [6, 6.07) is 0.665. The fourth-order valence-corrected chi connectivity index (χ4v) is 3.35. The first-order valence-corrected chi connectivity index (χ1v) is 9.09. The average Bonchev–Trinajstić information content (AvgIpc) is 2.45. The Labute approximate surface area is 133 Å². The quantitative estimate of drug-likeness (QED) is 0.648. The molecule has 21 heavy (non-hydrogen) atoms. The minimum atomic E-state index is 0.665. The van der Waals surface area contributed by atoms with Crippen molar-refractivity contribution < 1.29 is 0 Å². The maximum atomic E-state index is 2.66. The normalized spacial score (nSPS) is 18.6. The molecule has 0 aromatic carbocycles. The van der Waals surface area contributed by atoms with Crippen LogP contribution in [0, 0.1) is 11.8 Å². The van der Waals surface area contributed by atoms with Gasteiger partial charge in [-0.3, -0.25) is 4.90 Å². The molecule has 0 atom stereocenters. The molecule has 126 valence electrons. The number of likely N-dealkylation sites (N-methyl/N-ethyl adjacent to an activating group) is 2. The van der Waals surface area contributed by atoms with Gasteiger partial charge in [0.25, 0.3) is 0 Å². The van der Waals surface area contributed by atoms with Crippen LogP contribution in [0.5, 0.6) is 0 Å². The highest BCUT2D eigenvalue weighted by molar-refractivity contribution is 4.75. The molecule has 0 bridgehead atoms. The van der Waals surface area contributed by atoms with Crippen LogP contribution < -0.4 is 0 Å². The highest BCUT2D eigenvalue weighted by atomic mass is 15.2. The lowest BCUT2D eigenvalue weighted by Crippen LogP contribution is -2.42. The molecular formula is C18H39N3. The van der Waals surface area contributed by atoms with E-state index < -0.39 is 0 Å². The Hall–Kier alpha value is -0.120. The smallest absolute Gasteiger partial charge is 0.0112 e. The van der Waals surface area contributed by atoms with E-state index in [1.807, 2.05) is 0 Å². The highest BCUT2D eigenvalue weighted by Crippen LogP contribution is 2.24. The van der Waals surface area contributed by atoms with E-state index in [1.165, 1.54) is 52.1 Å². The van der Waals surface area contributed by atoms with Crippen LogP contribution in [-0.4, -0.2) is 73.6 Å². The van der Waals surface area contributed by atoms with E-state index in [0.717, 1.165) is 18.4 Å². The zero-order valence-corrected chi connectivity index (χ0v) is 15.4. The second-order valence-electron chi connectivity index (χ2n) is 7.45. The van der Waals surface area contributed by atoms with Crippen molar-refractivity contribution in [2.24, 2.45) is 11.8 Å². The third kappa shape index (κ3) is 7.12. The number of hydrogen-bond acceptors (Lipinski definition) is 3. The van der Waals surface area contributed by atoms with Gasteiger partial charge in [-0.2, -0.15) is 0 Å². The summed E-state index contributed by atoms with van der Waals surface area (Å²) in [5, 5.41) is 0. The van der Waals surface area contributed by atoms with Gasteiger partial charge in [0.15, 0.2) is 0 Å². The number of nitrogens with zero attached hydrogens (tertiary/aromatic N) is 3. The van der Waals surface area contributed by atoms with Crippen molar-refractivity contribution in [3.05, 3.63) is 0 Å². The molecule has 1 saturated heterocycles. The summed E-state index contributed by atoms with van der Waals surface area (Å²) in [5.74, 6) is 1.83. The molecule has 1 fully saturated rings. The van der Waals surface area contributed by atoms with Crippen LogP contribution in [0.25, 0.3) is 0 Å². The van der Waals surface area contributed by atoms with Gasteiger partial charge in [-0.25, -0.2) is 0 Å². The van der Waals surface area contributed by atoms with Crippen molar-refractivity contribution >= 4 is 0 Å². The van der Waals surface area contributed by atoms with E-state index in [1.54, 1.807) is 0 Å². The van der Waals surface area contributed by atoms with E-state index in [0.29, 0.717) is 6.04 Å². The van der Waals surface area contributed by atoms with Crippen LogP contribution >= 0.6 is 0 Å². The predicted molar refractivity (Wildman–Crippen MR) is 93.9 cm³/mol. The van der Waals surface area contributed by atoms with Gasteiger partial charge >= 0.3 is 0 Å². The van der Waals surface area contributed by atoms with Crippen LogP contribution in [0.15, 0.2) is 0 Å². The Balaban J connectivity index is 2.15. The summed E-state index contributed by atoms with van der Waals surface area (Å²) >= 11 is 0. The van der Waals surface area contributed by atoms with E-state index in [9.17, 15) is 0 Å². The summed E-state index contributed by atoms with van der Waals surface area (Å²) in [4.78, 5) is 7.71. The highest BCUT2D eigenvalue weighted by Gasteiger charge is 2.21. The van der Waals surface area contributed by atoms with Crippen molar-refractivity contribution in [3.8, 4) is 0 Å². The van der Waals surface area contributed by atoms with E-state index >= 15 is 0 Å². The van der Waals surface area contributed by atoms with Gasteiger partial charge in [-0.05, 0) is 65.2 Å². The molecule has 1 aliphatic heterocycles. The van der Waals surface area contributed by atoms with Crippen LogP contribution in [0.3, 0.4) is 0 Å². The van der Waals surface area contributed by atoms with E-state index in [2.05, 4.69) is 56.4 Å². The largest absolute Gasteiger partial charge is 0.304 e. The van der Waals surface area contributed by atoms with Crippen LogP contribution in [0.4, 0.5) is 0 Å². The molecule has 1 rings (SSSR count). The minimum absolute atomic E-state index is 0.665. The van der Waals surface area contributed by atoms with Gasteiger partial charge in [0.05, 0.1) is 0 Å². The molecule has 0 aromatic heterocycles. The molecule has 0 unspecified atom stereocenters. The molecule has 0 N–H and O–H groups in total. The molecule has 0 saturated carbocycles. The Morgan fingerprint density at radius 1 is 1.00 bits per heavy atom. The summed E-state index contributed by atoms with van der Waals surface area (Å²) in [5.41, 5.74) is 0. The Kier molecular flexibility index (Phi) is 8.84. The van der Waals surface area contributed by atoms with Gasteiger partial charge in [-0.15, -0.1) is 0 Å². The second kappa shape index (κ2) is 9.81. The maximum Gasteiger partial charge on any atom is 0.0112 e. The predicted octanol–water partition coefficient (Wildman–Crippen LogP) is 3.02. The summed E-state index contributed by atoms with van der Waals surface area (Å²) in [7, 11) is 2.27. The zero-order valence-electron chi connectivity index (χ0n) is 15.4. The molecule has 0 spiro atoms. The monoisotopic (exact) mass is 297 g/mol. The summed E-state index contributed by atoms with van der Waals surface area (Å²) in [6.07, 6.45) is 2.80. The van der Waals surface area contributed by atoms with Crippen molar-refractivity contribution in [1.82, 2.24) is 14.7 Å². The van der Waals surface area contributed by atoms with Crippen molar-refractivity contribution in [2.45, 2.75) is 53.5 Å². The molecule has 3 nitrogen and oxygen atoms in total. The summed E-state index contributed by atoms with van der Waals surface area (Å²) in [6.45, 7) is 20.2. The third-order valence-corrected chi connectivity index (χ3v) is 5.28. The third-order valence-electron chi connectivity index (χ3n) is 5.28.